The molecular weight excluding hydrogens is 230 g/mol. The quantitative estimate of drug-likeness (QED) is 0.874. The van der Waals surface area contributed by atoms with Gasteiger partial charge >= 0.3 is 0 Å². The van der Waals surface area contributed by atoms with E-state index in [9.17, 15) is 0 Å². The Balaban J connectivity index is 1.78. The van der Waals surface area contributed by atoms with E-state index >= 15 is 0 Å². The van der Waals surface area contributed by atoms with Crippen molar-refractivity contribution in [3.8, 4) is 0 Å². The summed E-state index contributed by atoms with van der Waals surface area (Å²) in [6, 6.07) is 2.87. The Kier molecular flexibility index (Phi) is 4.51. The van der Waals surface area contributed by atoms with Crippen molar-refractivity contribution >= 4 is 11.8 Å². The summed E-state index contributed by atoms with van der Waals surface area (Å²) in [5, 5.41) is 8.92. The molecular formula is C13H23N3S. The van der Waals surface area contributed by atoms with Crippen LogP contribution < -0.4 is 5.32 Å². The van der Waals surface area contributed by atoms with Gasteiger partial charge in [-0.25, -0.2) is 0 Å². The highest BCUT2D eigenvalue weighted by Crippen LogP contribution is 2.29. The van der Waals surface area contributed by atoms with Gasteiger partial charge in [-0.1, -0.05) is 6.92 Å². The standard InChI is InChI=1S/C13H23N3S/c1-4-17-13-6-5-11(8-13)14-9-12-7-10(2)15-16(12)3/h7,11,13-14H,4-6,8-9H2,1-3H3. The Hall–Kier alpha value is -0.480. The first kappa shape index (κ1) is 13.0. The van der Waals surface area contributed by atoms with Gasteiger partial charge in [-0.15, -0.1) is 0 Å². The lowest BCUT2D eigenvalue weighted by Crippen LogP contribution is -2.27. The van der Waals surface area contributed by atoms with Crippen LogP contribution in [-0.2, 0) is 13.6 Å². The third kappa shape index (κ3) is 3.49. The van der Waals surface area contributed by atoms with Crippen LogP contribution in [0, 0.1) is 6.92 Å². The second-order valence-corrected chi connectivity index (χ2v) is 6.45. The first-order valence-corrected chi connectivity index (χ1v) is 7.58. The molecule has 1 aliphatic carbocycles. The molecule has 2 unspecified atom stereocenters. The zero-order valence-corrected chi connectivity index (χ0v) is 11.9. The van der Waals surface area contributed by atoms with Gasteiger partial charge in [0.1, 0.15) is 0 Å². The highest BCUT2D eigenvalue weighted by atomic mass is 32.2. The van der Waals surface area contributed by atoms with Crippen molar-refractivity contribution in [1.82, 2.24) is 15.1 Å². The third-order valence-corrected chi connectivity index (χ3v) is 4.69. The minimum Gasteiger partial charge on any atom is -0.308 e. The molecule has 96 valence electrons. The van der Waals surface area contributed by atoms with Crippen LogP contribution in [0.15, 0.2) is 6.07 Å². The molecule has 0 aliphatic heterocycles. The molecule has 1 N–H and O–H groups in total. The summed E-state index contributed by atoms with van der Waals surface area (Å²) in [5.41, 5.74) is 2.39. The van der Waals surface area contributed by atoms with Crippen molar-refractivity contribution in [3.05, 3.63) is 17.5 Å². The van der Waals surface area contributed by atoms with E-state index < -0.39 is 0 Å². The highest BCUT2D eigenvalue weighted by molar-refractivity contribution is 7.99. The van der Waals surface area contributed by atoms with Gasteiger partial charge in [0.25, 0.3) is 0 Å². The van der Waals surface area contributed by atoms with Crippen LogP contribution in [0.2, 0.25) is 0 Å². The molecule has 0 spiro atoms. The molecule has 1 fully saturated rings. The Morgan fingerprint density at radius 3 is 3.00 bits per heavy atom. The van der Waals surface area contributed by atoms with Crippen LogP contribution in [-0.4, -0.2) is 26.8 Å². The highest BCUT2D eigenvalue weighted by Gasteiger charge is 2.24. The first-order chi connectivity index (χ1) is 8.19. The minimum atomic E-state index is 0.703. The Labute approximate surface area is 108 Å². The van der Waals surface area contributed by atoms with E-state index in [0.29, 0.717) is 6.04 Å². The average molecular weight is 253 g/mol. The number of thioether (sulfide) groups is 1. The second-order valence-electron chi connectivity index (χ2n) is 4.87. The van der Waals surface area contributed by atoms with Crippen LogP contribution in [0.25, 0.3) is 0 Å². The van der Waals surface area contributed by atoms with Crippen molar-refractivity contribution in [3.63, 3.8) is 0 Å². The number of nitrogens with zero attached hydrogens (tertiary/aromatic N) is 2. The van der Waals surface area contributed by atoms with Crippen molar-refractivity contribution in [2.45, 2.75) is 50.9 Å². The summed E-state index contributed by atoms with van der Waals surface area (Å²) in [7, 11) is 2.02. The van der Waals surface area contributed by atoms with E-state index in [0.717, 1.165) is 17.5 Å². The van der Waals surface area contributed by atoms with E-state index in [2.05, 4.69) is 35.2 Å². The second kappa shape index (κ2) is 5.91. The van der Waals surface area contributed by atoms with E-state index in [1.807, 2.05) is 18.7 Å². The normalized spacial score (nSPS) is 24.4. The topological polar surface area (TPSA) is 29.9 Å². The molecule has 0 bridgehead atoms. The van der Waals surface area contributed by atoms with Crippen LogP contribution in [0.4, 0.5) is 0 Å². The Morgan fingerprint density at radius 2 is 2.35 bits per heavy atom. The van der Waals surface area contributed by atoms with E-state index in [1.165, 1.54) is 30.7 Å². The predicted molar refractivity (Wildman–Crippen MR) is 74.3 cm³/mol. The van der Waals surface area contributed by atoms with E-state index in [-0.39, 0.29) is 0 Å². The summed E-state index contributed by atoms with van der Waals surface area (Å²) in [6.45, 7) is 5.25. The number of hydrogen-bond acceptors (Lipinski definition) is 3. The minimum absolute atomic E-state index is 0.703. The molecule has 0 radical (unpaired) electrons. The van der Waals surface area contributed by atoms with Crippen molar-refractivity contribution in [2.75, 3.05) is 5.75 Å². The molecule has 2 rings (SSSR count). The molecule has 1 aromatic rings. The number of aromatic nitrogens is 2. The third-order valence-electron chi connectivity index (χ3n) is 3.46. The zero-order chi connectivity index (χ0) is 12.3. The predicted octanol–water partition coefficient (Wildman–Crippen LogP) is 2.49. The lowest BCUT2D eigenvalue weighted by Gasteiger charge is -2.13. The number of rotatable bonds is 5. The molecule has 0 saturated heterocycles. The molecule has 1 heterocycles. The van der Waals surface area contributed by atoms with Gasteiger partial charge in [0.05, 0.1) is 11.4 Å². The molecule has 1 aliphatic rings. The van der Waals surface area contributed by atoms with E-state index in [1.54, 1.807) is 0 Å². The van der Waals surface area contributed by atoms with Gasteiger partial charge in [0.15, 0.2) is 0 Å². The van der Waals surface area contributed by atoms with Gasteiger partial charge < -0.3 is 5.32 Å². The van der Waals surface area contributed by atoms with Crippen LogP contribution in [0.3, 0.4) is 0 Å². The molecule has 3 nitrogen and oxygen atoms in total. The lowest BCUT2D eigenvalue weighted by atomic mass is 10.2. The van der Waals surface area contributed by atoms with Gasteiger partial charge in [-0.3, -0.25) is 4.68 Å². The summed E-state index contributed by atoms with van der Waals surface area (Å²) in [6.07, 6.45) is 4.03. The maximum atomic E-state index is 4.37. The Bertz CT molecular complexity index is 362. The molecule has 1 saturated carbocycles. The maximum Gasteiger partial charge on any atom is 0.0597 e. The monoisotopic (exact) mass is 253 g/mol. The number of nitrogens with one attached hydrogen (secondary N) is 1. The SMILES string of the molecule is CCSC1CCC(NCc2cc(C)nn2C)C1. The van der Waals surface area contributed by atoms with Crippen molar-refractivity contribution in [1.29, 1.82) is 0 Å². The number of hydrogen-bond donors (Lipinski definition) is 1. The molecule has 4 heteroatoms. The lowest BCUT2D eigenvalue weighted by molar-refractivity contribution is 0.508. The molecule has 17 heavy (non-hydrogen) atoms. The van der Waals surface area contributed by atoms with Crippen LogP contribution >= 0.6 is 11.8 Å². The Morgan fingerprint density at radius 1 is 1.53 bits per heavy atom. The van der Waals surface area contributed by atoms with Crippen LogP contribution in [0.1, 0.15) is 37.6 Å². The number of aryl methyl sites for hydroxylation is 2. The zero-order valence-electron chi connectivity index (χ0n) is 11.1. The average Bonchev–Trinajstić information content (AvgIpc) is 2.83. The fourth-order valence-corrected chi connectivity index (χ4v) is 3.73. The molecule has 0 aromatic carbocycles. The first-order valence-electron chi connectivity index (χ1n) is 6.53. The summed E-state index contributed by atoms with van der Waals surface area (Å²) < 4.78 is 1.98. The van der Waals surface area contributed by atoms with Gasteiger partial charge in [0, 0.05) is 24.9 Å². The van der Waals surface area contributed by atoms with Crippen molar-refractivity contribution in [2.24, 2.45) is 7.05 Å². The summed E-state index contributed by atoms with van der Waals surface area (Å²) >= 11 is 2.11. The molecule has 1 aromatic heterocycles. The van der Waals surface area contributed by atoms with Crippen LogP contribution in [0.5, 0.6) is 0 Å². The fraction of sp³-hybridized carbons (Fsp3) is 0.769. The molecule has 2 atom stereocenters. The maximum absolute atomic E-state index is 4.37. The fourth-order valence-electron chi connectivity index (χ4n) is 2.59. The molecule has 0 amide bonds. The summed E-state index contributed by atoms with van der Waals surface area (Å²) in [4.78, 5) is 0. The van der Waals surface area contributed by atoms with E-state index in [4.69, 9.17) is 0 Å². The smallest absolute Gasteiger partial charge is 0.0597 e. The van der Waals surface area contributed by atoms with Gasteiger partial charge in [-0.2, -0.15) is 16.9 Å². The van der Waals surface area contributed by atoms with Gasteiger partial charge in [-0.05, 0) is 38.0 Å². The van der Waals surface area contributed by atoms with Gasteiger partial charge in [0.2, 0.25) is 0 Å². The summed E-state index contributed by atoms with van der Waals surface area (Å²) in [5.74, 6) is 1.25. The largest absolute Gasteiger partial charge is 0.308 e. The van der Waals surface area contributed by atoms with Crippen molar-refractivity contribution < 1.29 is 0 Å².